The maximum atomic E-state index is 12.1. The Morgan fingerprint density at radius 3 is 2.68 bits per heavy atom. The van der Waals surface area contributed by atoms with Crippen molar-refractivity contribution in [1.29, 1.82) is 0 Å². The smallest absolute Gasteiger partial charge is 0.227 e. The third-order valence-corrected chi connectivity index (χ3v) is 4.37. The first-order valence-corrected chi connectivity index (χ1v) is 6.89. The Balaban J connectivity index is 1.68. The highest BCUT2D eigenvalue weighted by molar-refractivity contribution is 7.09. The van der Waals surface area contributed by atoms with E-state index in [0.29, 0.717) is 6.54 Å². The lowest BCUT2D eigenvalue weighted by Gasteiger charge is -2.24. The van der Waals surface area contributed by atoms with Gasteiger partial charge in [-0.1, -0.05) is 18.2 Å². The molecule has 3 heterocycles. The van der Waals surface area contributed by atoms with Crippen molar-refractivity contribution in [3.05, 3.63) is 34.5 Å². The zero-order chi connectivity index (χ0) is 13.4. The number of hydrogen-bond donors (Lipinski definition) is 1. The quantitative estimate of drug-likeness (QED) is 0.766. The van der Waals surface area contributed by atoms with Gasteiger partial charge in [0.15, 0.2) is 0 Å². The zero-order valence-electron chi connectivity index (χ0n) is 9.94. The summed E-state index contributed by atoms with van der Waals surface area (Å²) in [6.45, 7) is 0.411. The minimum atomic E-state index is -1.23. The molecule has 2 bridgehead atoms. The van der Waals surface area contributed by atoms with Crippen molar-refractivity contribution in [3.8, 4) is 0 Å². The third kappa shape index (κ3) is 2.17. The predicted octanol–water partition coefficient (Wildman–Crippen LogP) is -0.316. The molecule has 1 N–H and O–H groups in total. The second-order valence-corrected chi connectivity index (χ2v) is 5.65. The van der Waals surface area contributed by atoms with Crippen molar-refractivity contribution >= 4 is 23.2 Å². The van der Waals surface area contributed by atoms with Gasteiger partial charge in [-0.25, -0.2) is 0 Å². The minimum absolute atomic E-state index is 0.292. The van der Waals surface area contributed by atoms with E-state index in [1.165, 1.54) is 0 Å². The minimum Gasteiger partial charge on any atom is -0.550 e. The van der Waals surface area contributed by atoms with Crippen LogP contribution in [-0.4, -0.2) is 24.1 Å². The number of carboxylic acid groups (broad SMARTS) is 1. The van der Waals surface area contributed by atoms with E-state index in [4.69, 9.17) is 4.74 Å². The summed E-state index contributed by atoms with van der Waals surface area (Å²) in [7, 11) is 0. The molecule has 6 heteroatoms. The first-order valence-electron chi connectivity index (χ1n) is 6.01. The van der Waals surface area contributed by atoms with Gasteiger partial charge >= 0.3 is 0 Å². The zero-order valence-corrected chi connectivity index (χ0v) is 10.8. The summed E-state index contributed by atoms with van der Waals surface area (Å²) in [5, 5.41) is 15.8. The van der Waals surface area contributed by atoms with Crippen LogP contribution in [0.4, 0.5) is 0 Å². The van der Waals surface area contributed by atoms with Gasteiger partial charge in [0.25, 0.3) is 0 Å². The molecule has 0 saturated carbocycles. The van der Waals surface area contributed by atoms with Gasteiger partial charge in [-0.2, -0.15) is 0 Å². The van der Waals surface area contributed by atoms with Crippen molar-refractivity contribution in [2.75, 3.05) is 0 Å². The number of thiophene rings is 1. The highest BCUT2D eigenvalue weighted by Crippen LogP contribution is 2.38. The number of hydrogen-bond acceptors (Lipinski definition) is 5. The van der Waals surface area contributed by atoms with Crippen LogP contribution in [0.3, 0.4) is 0 Å². The fraction of sp³-hybridized carbons (Fsp3) is 0.385. The van der Waals surface area contributed by atoms with E-state index >= 15 is 0 Å². The maximum absolute atomic E-state index is 12.1. The molecule has 0 aliphatic carbocycles. The molecule has 3 rings (SSSR count). The number of carbonyl (C=O) groups excluding carboxylic acids is 2. The Morgan fingerprint density at radius 2 is 2.05 bits per heavy atom. The van der Waals surface area contributed by atoms with E-state index < -0.39 is 30.0 Å². The summed E-state index contributed by atoms with van der Waals surface area (Å²) in [4.78, 5) is 24.3. The molecular weight excluding hydrogens is 266 g/mol. The number of aliphatic carboxylic acids is 1. The average molecular weight is 278 g/mol. The highest BCUT2D eigenvalue weighted by Gasteiger charge is 2.50. The Hall–Kier alpha value is -1.66. The molecule has 0 aromatic carbocycles. The number of nitrogens with one attached hydrogen (secondary N) is 1. The van der Waals surface area contributed by atoms with Gasteiger partial charge in [0.1, 0.15) is 0 Å². The summed E-state index contributed by atoms with van der Waals surface area (Å²) < 4.78 is 5.43. The Labute approximate surface area is 113 Å². The van der Waals surface area contributed by atoms with Gasteiger partial charge < -0.3 is 20.0 Å². The molecule has 2 aliphatic rings. The lowest BCUT2D eigenvalue weighted by Crippen LogP contribution is -2.46. The first kappa shape index (κ1) is 12.4. The summed E-state index contributed by atoms with van der Waals surface area (Å²) in [5.41, 5.74) is 0. The van der Waals surface area contributed by atoms with E-state index in [-0.39, 0.29) is 5.91 Å². The summed E-state index contributed by atoms with van der Waals surface area (Å²) in [6.07, 6.45) is 2.46. The summed E-state index contributed by atoms with van der Waals surface area (Å²) >= 11 is 1.54. The van der Waals surface area contributed by atoms with Crippen LogP contribution in [-0.2, 0) is 20.9 Å². The van der Waals surface area contributed by atoms with Crippen LogP contribution in [0.5, 0.6) is 0 Å². The number of amides is 1. The SMILES string of the molecule is O=C([O-])[C@@H]1[C@H](C(=O)NCc2cccs2)[C@@H]2C=C[C@H]1O2. The van der Waals surface area contributed by atoms with Gasteiger partial charge in [-0.3, -0.25) is 4.79 Å². The number of carboxylic acids is 1. The van der Waals surface area contributed by atoms with E-state index in [1.807, 2.05) is 17.5 Å². The second-order valence-electron chi connectivity index (χ2n) is 4.62. The molecule has 0 spiro atoms. The maximum Gasteiger partial charge on any atom is 0.227 e. The monoisotopic (exact) mass is 278 g/mol. The van der Waals surface area contributed by atoms with Gasteiger partial charge in [0.05, 0.1) is 24.7 Å². The molecule has 5 nitrogen and oxygen atoms in total. The normalized spacial score (nSPS) is 31.6. The van der Waals surface area contributed by atoms with E-state index in [1.54, 1.807) is 23.5 Å². The van der Waals surface area contributed by atoms with Crippen LogP contribution in [0.25, 0.3) is 0 Å². The third-order valence-electron chi connectivity index (χ3n) is 3.49. The molecule has 0 unspecified atom stereocenters. The van der Waals surface area contributed by atoms with Crippen molar-refractivity contribution in [2.45, 2.75) is 18.8 Å². The van der Waals surface area contributed by atoms with Crippen LogP contribution >= 0.6 is 11.3 Å². The second kappa shape index (κ2) is 4.79. The topological polar surface area (TPSA) is 78.5 Å². The lowest BCUT2D eigenvalue weighted by atomic mass is 9.82. The number of fused-ring (bicyclic) bond motifs is 2. The number of carbonyl (C=O) groups is 2. The van der Waals surface area contributed by atoms with Gasteiger partial charge in [-0.15, -0.1) is 11.3 Å². The fourth-order valence-corrected chi connectivity index (χ4v) is 3.25. The molecule has 19 heavy (non-hydrogen) atoms. The van der Waals surface area contributed by atoms with Crippen LogP contribution in [0.1, 0.15) is 4.88 Å². The molecule has 4 atom stereocenters. The molecule has 1 fully saturated rings. The standard InChI is InChI=1S/C13H13NO4S/c15-12(14-6-7-2-1-5-19-7)10-8-3-4-9(18-8)11(10)13(16)17/h1-5,8-11H,6H2,(H,14,15)(H,16,17)/p-1/t8-,9+,10+,11-/m0/s1. The predicted molar refractivity (Wildman–Crippen MR) is 66.0 cm³/mol. The molecule has 0 radical (unpaired) electrons. The van der Waals surface area contributed by atoms with Gasteiger partial charge in [0.2, 0.25) is 5.91 Å². The lowest BCUT2D eigenvalue weighted by molar-refractivity contribution is -0.313. The highest BCUT2D eigenvalue weighted by atomic mass is 32.1. The van der Waals surface area contributed by atoms with Crippen LogP contribution in [0.2, 0.25) is 0 Å². The van der Waals surface area contributed by atoms with Crippen LogP contribution in [0, 0.1) is 11.8 Å². The van der Waals surface area contributed by atoms with Crippen molar-refractivity contribution < 1.29 is 19.4 Å². The van der Waals surface area contributed by atoms with E-state index in [0.717, 1.165) is 4.88 Å². The Bertz CT molecular complexity index is 525. The van der Waals surface area contributed by atoms with E-state index in [2.05, 4.69) is 5.32 Å². The first-order chi connectivity index (χ1) is 9.16. The summed E-state index contributed by atoms with van der Waals surface area (Å²) in [6, 6.07) is 3.82. The molecule has 1 amide bonds. The van der Waals surface area contributed by atoms with Crippen LogP contribution < -0.4 is 10.4 Å². The van der Waals surface area contributed by atoms with E-state index in [9.17, 15) is 14.7 Å². The molecule has 1 aromatic rings. The fourth-order valence-electron chi connectivity index (χ4n) is 2.61. The van der Waals surface area contributed by atoms with Crippen molar-refractivity contribution in [3.63, 3.8) is 0 Å². The largest absolute Gasteiger partial charge is 0.550 e. The molecule has 1 aromatic heterocycles. The number of rotatable bonds is 4. The van der Waals surface area contributed by atoms with Crippen LogP contribution in [0.15, 0.2) is 29.7 Å². The van der Waals surface area contributed by atoms with Crippen molar-refractivity contribution in [1.82, 2.24) is 5.32 Å². The summed E-state index contributed by atoms with van der Waals surface area (Å²) in [5.74, 6) is -3.11. The number of ether oxygens (including phenoxy) is 1. The average Bonchev–Trinajstić information content (AvgIpc) is 3.10. The molecular formula is C13H12NO4S-. The van der Waals surface area contributed by atoms with Gasteiger partial charge in [-0.05, 0) is 11.4 Å². The molecule has 1 saturated heterocycles. The molecule has 2 aliphatic heterocycles. The van der Waals surface area contributed by atoms with Crippen molar-refractivity contribution in [2.24, 2.45) is 11.8 Å². The Morgan fingerprint density at radius 1 is 1.32 bits per heavy atom. The van der Waals surface area contributed by atoms with Gasteiger partial charge in [0, 0.05) is 16.8 Å². The molecule has 100 valence electrons. The Kier molecular flexibility index (Phi) is 3.12.